The molecule has 2 aromatic carbocycles. The van der Waals surface area contributed by atoms with E-state index in [4.69, 9.17) is 4.74 Å². The Hall–Kier alpha value is -2.42. The average Bonchev–Trinajstić information content (AvgIpc) is 2.54. The molecule has 0 atom stereocenters. The summed E-state index contributed by atoms with van der Waals surface area (Å²) in [7, 11) is -2.18. The Kier molecular flexibility index (Phi) is 4.28. The maximum atomic E-state index is 12.8. The molecule has 3 rings (SSSR count). The molecule has 1 N–H and O–H groups in total. The second kappa shape index (κ2) is 6.14. The maximum Gasteiger partial charge on any atom is 0.416 e. The van der Waals surface area contributed by atoms with Gasteiger partial charge in [-0.25, -0.2) is 8.42 Å². The average molecular weight is 372 g/mol. The molecule has 0 saturated carbocycles. The first-order valence-electron chi connectivity index (χ1n) is 7.35. The summed E-state index contributed by atoms with van der Waals surface area (Å²) in [6, 6.07) is 8.39. The summed E-state index contributed by atoms with van der Waals surface area (Å²) in [6.45, 7) is 1.11. The van der Waals surface area contributed by atoms with Crippen molar-refractivity contribution in [2.45, 2.75) is 11.1 Å². The summed E-state index contributed by atoms with van der Waals surface area (Å²) in [5, 5.41) is 0. The van der Waals surface area contributed by atoms with E-state index in [1.54, 1.807) is 6.07 Å². The number of alkyl halides is 3. The van der Waals surface area contributed by atoms with Crippen LogP contribution in [-0.2, 0) is 16.2 Å². The Morgan fingerprint density at radius 1 is 1.16 bits per heavy atom. The van der Waals surface area contributed by atoms with Crippen LogP contribution in [0, 0.1) is 0 Å². The molecule has 0 unspecified atom stereocenters. The van der Waals surface area contributed by atoms with Crippen molar-refractivity contribution in [2.24, 2.45) is 0 Å². The first-order chi connectivity index (χ1) is 11.7. The second-order valence-corrected chi connectivity index (χ2v) is 7.27. The maximum absolute atomic E-state index is 12.8. The summed E-state index contributed by atoms with van der Waals surface area (Å²) >= 11 is 0. The van der Waals surface area contributed by atoms with E-state index in [2.05, 4.69) is 4.72 Å². The molecule has 1 heterocycles. The van der Waals surface area contributed by atoms with Gasteiger partial charge in [-0.15, -0.1) is 0 Å². The largest absolute Gasteiger partial charge is 0.490 e. The highest BCUT2D eigenvalue weighted by atomic mass is 32.2. The van der Waals surface area contributed by atoms with Crippen LogP contribution in [0.15, 0.2) is 47.4 Å². The summed E-state index contributed by atoms with van der Waals surface area (Å²) in [5.41, 5.74) is -0.335. The first kappa shape index (κ1) is 17.4. The summed E-state index contributed by atoms with van der Waals surface area (Å²) in [5.74, 6) is 0.417. The van der Waals surface area contributed by atoms with Gasteiger partial charge in [-0.05, 0) is 30.3 Å². The monoisotopic (exact) mass is 372 g/mol. The zero-order chi connectivity index (χ0) is 18.2. The molecule has 0 saturated heterocycles. The summed E-state index contributed by atoms with van der Waals surface area (Å²) in [4.78, 5) is 1.84. The van der Waals surface area contributed by atoms with Crippen LogP contribution in [0.2, 0.25) is 0 Å². The number of halogens is 3. The summed E-state index contributed by atoms with van der Waals surface area (Å²) in [6.07, 6.45) is -4.55. The predicted molar refractivity (Wildman–Crippen MR) is 87.5 cm³/mol. The van der Waals surface area contributed by atoms with E-state index in [9.17, 15) is 21.6 Å². The Morgan fingerprint density at radius 2 is 1.92 bits per heavy atom. The number of hydrogen-bond acceptors (Lipinski definition) is 4. The highest BCUT2D eigenvalue weighted by Gasteiger charge is 2.31. The van der Waals surface area contributed by atoms with Crippen molar-refractivity contribution in [3.05, 3.63) is 48.0 Å². The van der Waals surface area contributed by atoms with Gasteiger partial charge in [0, 0.05) is 18.8 Å². The molecule has 0 radical (unpaired) electrons. The highest BCUT2D eigenvalue weighted by molar-refractivity contribution is 7.92. The topological polar surface area (TPSA) is 58.6 Å². The van der Waals surface area contributed by atoms with Crippen LogP contribution in [0.25, 0.3) is 0 Å². The Morgan fingerprint density at radius 3 is 2.64 bits per heavy atom. The third kappa shape index (κ3) is 3.65. The zero-order valence-electron chi connectivity index (χ0n) is 13.2. The van der Waals surface area contributed by atoms with Crippen molar-refractivity contribution in [3.8, 4) is 5.75 Å². The van der Waals surface area contributed by atoms with Crippen LogP contribution >= 0.6 is 0 Å². The van der Waals surface area contributed by atoms with E-state index < -0.39 is 21.8 Å². The molecule has 0 fully saturated rings. The van der Waals surface area contributed by atoms with Crippen LogP contribution in [0.3, 0.4) is 0 Å². The minimum atomic E-state index is -4.55. The fourth-order valence-electron chi connectivity index (χ4n) is 2.48. The molecular weight excluding hydrogens is 357 g/mol. The minimum Gasteiger partial charge on any atom is -0.490 e. The lowest BCUT2D eigenvalue weighted by Crippen LogP contribution is -2.29. The molecule has 1 aliphatic rings. The quantitative estimate of drug-likeness (QED) is 0.898. The van der Waals surface area contributed by atoms with Crippen LogP contribution in [0.5, 0.6) is 5.75 Å². The van der Waals surface area contributed by atoms with Gasteiger partial charge in [0.2, 0.25) is 0 Å². The predicted octanol–water partition coefficient (Wildman–Crippen LogP) is 3.33. The molecular formula is C16H15F3N2O3S. The highest BCUT2D eigenvalue weighted by Crippen LogP contribution is 2.34. The number of sulfonamides is 1. The first-order valence-corrected chi connectivity index (χ1v) is 8.83. The lowest BCUT2D eigenvalue weighted by molar-refractivity contribution is -0.137. The number of rotatable bonds is 3. The van der Waals surface area contributed by atoms with E-state index in [0.29, 0.717) is 18.9 Å². The molecule has 0 aliphatic carbocycles. The number of hydrogen-bond donors (Lipinski definition) is 1. The van der Waals surface area contributed by atoms with E-state index in [1.165, 1.54) is 18.2 Å². The van der Waals surface area contributed by atoms with Crippen molar-refractivity contribution in [1.29, 1.82) is 0 Å². The van der Waals surface area contributed by atoms with Crippen molar-refractivity contribution >= 4 is 21.4 Å². The fraction of sp³-hybridized carbons (Fsp3) is 0.250. The van der Waals surface area contributed by atoms with Gasteiger partial charge in [0.15, 0.2) is 0 Å². The molecule has 0 bridgehead atoms. The number of ether oxygens (including phenoxy) is 1. The molecule has 0 aromatic heterocycles. The summed E-state index contributed by atoms with van der Waals surface area (Å²) < 4.78 is 70.8. The smallest absolute Gasteiger partial charge is 0.416 e. The third-order valence-corrected chi connectivity index (χ3v) is 5.16. The number of likely N-dealkylation sites (N-methyl/N-ethyl adjacent to an activating group) is 1. The Labute approximate surface area is 143 Å². The molecule has 0 spiro atoms. The van der Waals surface area contributed by atoms with E-state index in [0.717, 1.165) is 23.9 Å². The van der Waals surface area contributed by atoms with Gasteiger partial charge < -0.3 is 9.64 Å². The molecule has 9 heteroatoms. The van der Waals surface area contributed by atoms with Crippen molar-refractivity contribution in [1.82, 2.24) is 0 Å². The lowest BCUT2D eigenvalue weighted by Gasteiger charge is -2.27. The third-order valence-electron chi connectivity index (χ3n) is 3.78. The van der Waals surface area contributed by atoms with Crippen molar-refractivity contribution in [2.75, 3.05) is 29.8 Å². The molecule has 0 amide bonds. The standard InChI is InChI=1S/C16H15F3N2O3S/c1-21-7-8-24-15-10-13(5-6-14(15)21)25(22,23)20-12-4-2-3-11(9-12)16(17,18)19/h2-6,9-10,20H,7-8H2,1H3. The van der Waals surface area contributed by atoms with Gasteiger partial charge in [-0.1, -0.05) is 6.07 Å². The minimum absolute atomic E-state index is 0.0843. The zero-order valence-corrected chi connectivity index (χ0v) is 14.0. The number of nitrogens with zero attached hydrogens (tertiary/aromatic N) is 1. The number of benzene rings is 2. The Bertz CT molecular complexity index is 898. The number of nitrogens with one attached hydrogen (secondary N) is 1. The Balaban J connectivity index is 1.90. The molecule has 5 nitrogen and oxygen atoms in total. The normalized spacial score (nSPS) is 14.6. The lowest BCUT2D eigenvalue weighted by atomic mass is 10.2. The van der Waals surface area contributed by atoms with E-state index >= 15 is 0 Å². The molecule has 2 aromatic rings. The van der Waals surface area contributed by atoms with Crippen LogP contribution in [0.4, 0.5) is 24.5 Å². The number of fused-ring (bicyclic) bond motifs is 1. The molecule has 134 valence electrons. The fourth-order valence-corrected chi connectivity index (χ4v) is 3.54. The SMILES string of the molecule is CN1CCOc2cc(S(=O)(=O)Nc3cccc(C(F)(F)F)c3)ccc21. The van der Waals surface area contributed by atoms with E-state index in [-0.39, 0.29) is 10.6 Å². The van der Waals surface area contributed by atoms with Crippen LogP contribution < -0.4 is 14.4 Å². The van der Waals surface area contributed by atoms with Gasteiger partial charge in [-0.3, -0.25) is 4.72 Å². The van der Waals surface area contributed by atoms with Crippen molar-refractivity contribution < 1.29 is 26.3 Å². The second-order valence-electron chi connectivity index (χ2n) is 5.58. The van der Waals surface area contributed by atoms with Gasteiger partial charge in [0.25, 0.3) is 10.0 Å². The van der Waals surface area contributed by atoms with E-state index in [1.807, 2.05) is 11.9 Å². The van der Waals surface area contributed by atoms with Gasteiger partial charge >= 0.3 is 6.18 Å². The van der Waals surface area contributed by atoms with Gasteiger partial charge in [-0.2, -0.15) is 13.2 Å². The van der Waals surface area contributed by atoms with Gasteiger partial charge in [0.1, 0.15) is 12.4 Å². The van der Waals surface area contributed by atoms with Crippen LogP contribution in [0.1, 0.15) is 5.56 Å². The van der Waals surface area contributed by atoms with Crippen LogP contribution in [-0.4, -0.2) is 28.6 Å². The molecule has 1 aliphatic heterocycles. The van der Waals surface area contributed by atoms with Gasteiger partial charge in [0.05, 0.1) is 22.7 Å². The number of anilines is 2. The van der Waals surface area contributed by atoms with Crippen molar-refractivity contribution in [3.63, 3.8) is 0 Å². The molecule has 25 heavy (non-hydrogen) atoms.